The second-order valence-corrected chi connectivity index (χ2v) is 5.21. The minimum Gasteiger partial charge on any atom is -0.481 e. The van der Waals surface area contributed by atoms with Gasteiger partial charge in [0.2, 0.25) is 0 Å². The van der Waals surface area contributed by atoms with Crippen LogP contribution in [0.25, 0.3) is 0 Å². The third kappa shape index (κ3) is 8.72. The van der Waals surface area contributed by atoms with Gasteiger partial charge in [0.05, 0.1) is 5.92 Å². The van der Waals surface area contributed by atoms with Crippen LogP contribution in [0.3, 0.4) is 0 Å². The van der Waals surface area contributed by atoms with Crippen LogP contribution in [-0.2, 0) is 9.59 Å². The summed E-state index contributed by atoms with van der Waals surface area (Å²) in [7, 11) is 0. The second kappa shape index (κ2) is 8.09. The Kier molecular flexibility index (Phi) is 7.59. The van der Waals surface area contributed by atoms with Gasteiger partial charge in [-0.1, -0.05) is 27.2 Å². The van der Waals surface area contributed by atoms with Crippen molar-refractivity contribution in [1.82, 2.24) is 0 Å². The highest BCUT2D eigenvalue weighted by Gasteiger charge is 2.17. The van der Waals surface area contributed by atoms with Crippen molar-refractivity contribution >= 4 is 11.9 Å². The zero-order chi connectivity index (χ0) is 13.4. The quantitative estimate of drug-likeness (QED) is 0.653. The molecule has 0 amide bonds. The van der Waals surface area contributed by atoms with Crippen LogP contribution >= 0.6 is 0 Å². The van der Waals surface area contributed by atoms with E-state index in [-0.39, 0.29) is 12.3 Å². The summed E-state index contributed by atoms with van der Waals surface area (Å²) in [6, 6.07) is 0. The van der Waals surface area contributed by atoms with Gasteiger partial charge in [-0.25, -0.2) is 0 Å². The molecule has 0 rings (SSSR count). The summed E-state index contributed by atoms with van der Waals surface area (Å²) in [6.07, 6.45) is 3.50. The second-order valence-electron chi connectivity index (χ2n) is 5.21. The Balaban J connectivity index is 3.75. The van der Waals surface area contributed by atoms with Crippen molar-refractivity contribution in [2.45, 2.75) is 52.9 Å². The third-order valence-corrected chi connectivity index (χ3v) is 3.07. The molecule has 4 heteroatoms. The van der Waals surface area contributed by atoms with Gasteiger partial charge >= 0.3 is 11.9 Å². The molecule has 0 heterocycles. The molecule has 0 radical (unpaired) electrons. The molecule has 0 aliphatic heterocycles. The molecule has 0 spiro atoms. The highest BCUT2D eigenvalue weighted by molar-refractivity contribution is 5.69. The predicted molar refractivity (Wildman–Crippen MR) is 65.8 cm³/mol. The van der Waals surface area contributed by atoms with Gasteiger partial charge < -0.3 is 10.2 Å². The van der Waals surface area contributed by atoms with Crippen LogP contribution in [0.5, 0.6) is 0 Å². The molecular weight excluding hydrogens is 220 g/mol. The molecule has 17 heavy (non-hydrogen) atoms. The van der Waals surface area contributed by atoms with Crippen LogP contribution in [-0.4, -0.2) is 22.2 Å². The van der Waals surface area contributed by atoms with Crippen LogP contribution < -0.4 is 0 Å². The van der Waals surface area contributed by atoms with Crippen molar-refractivity contribution < 1.29 is 19.8 Å². The molecule has 3 unspecified atom stereocenters. The molecule has 0 aromatic rings. The smallest absolute Gasteiger partial charge is 0.306 e. The first-order valence-electron chi connectivity index (χ1n) is 6.27. The fraction of sp³-hybridized carbons (Fsp3) is 0.846. The Hall–Kier alpha value is -1.06. The fourth-order valence-corrected chi connectivity index (χ4v) is 2.21. The topological polar surface area (TPSA) is 74.6 Å². The van der Waals surface area contributed by atoms with Crippen molar-refractivity contribution in [3.8, 4) is 0 Å². The SMILES string of the molecule is CC(CCCC(=O)O)CC(C)CC(C)C(=O)O. The van der Waals surface area contributed by atoms with E-state index in [0.717, 1.165) is 12.8 Å². The average molecular weight is 244 g/mol. The van der Waals surface area contributed by atoms with E-state index in [1.54, 1.807) is 6.92 Å². The van der Waals surface area contributed by atoms with Crippen molar-refractivity contribution in [3.63, 3.8) is 0 Å². The predicted octanol–water partition coefficient (Wildman–Crippen LogP) is 3.01. The Labute approximate surface area is 103 Å². The highest BCUT2D eigenvalue weighted by atomic mass is 16.4. The first-order chi connectivity index (χ1) is 7.82. The maximum atomic E-state index is 10.7. The molecule has 0 bridgehead atoms. The molecule has 0 aliphatic carbocycles. The van der Waals surface area contributed by atoms with E-state index >= 15 is 0 Å². The molecule has 0 saturated carbocycles. The molecule has 0 aliphatic rings. The first-order valence-corrected chi connectivity index (χ1v) is 6.27. The molecular formula is C13H24O4. The summed E-state index contributed by atoms with van der Waals surface area (Å²) < 4.78 is 0. The van der Waals surface area contributed by atoms with Crippen molar-refractivity contribution in [3.05, 3.63) is 0 Å². The van der Waals surface area contributed by atoms with Gasteiger partial charge in [-0.05, 0) is 31.1 Å². The van der Waals surface area contributed by atoms with E-state index in [1.807, 2.05) is 0 Å². The first kappa shape index (κ1) is 15.9. The lowest BCUT2D eigenvalue weighted by atomic mass is 9.87. The van der Waals surface area contributed by atoms with E-state index in [4.69, 9.17) is 10.2 Å². The number of carboxylic acids is 2. The van der Waals surface area contributed by atoms with Crippen molar-refractivity contribution in [1.29, 1.82) is 0 Å². The molecule has 0 aromatic carbocycles. The lowest BCUT2D eigenvalue weighted by molar-refractivity contribution is -0.141. The number of carboxylic acid groups (broad SMARTS) is 2. The van der Waals surface area contributed by atoms with Crippen LogP contribution in [0.1, 0.15) is 52.9 Å². The number of carbonyl (C=O) groups is 2. The number of hydrogen-bond donors (Lipinski definition) is 2. The molecule has 2 N–H and O–H groups in total. The van der Waals surface area contributed by atoms with Crippen LogP contribution in [0, 0.1) is 17.8 Å². The number of rotatable bonds is 9. The molecule has 100 valence electrons. The van der Waals surface area contributed by atoms with Gasteiger partial charge in [0.25, 0.3) is 0 Å². The summed E-state index contributed by atoms with van der Waals surface area (Å²) in [5, 5.41) is 17.3. The summed E-state index contributed by atoms with van der Waals surface area (Å²) in [4.78, 5) is 21.1. The van der Waals surface area contributed by atoms with Crippen molar-refractivity contribution in [2.75, 3.05) is 0 Å². The summed E-state index contributed by atoms with van der Waals surface area (Å²) in [5.41, 5.74) is 0. The van der Waals surface area contributed by atoms with Crippen LogP contribution in [0.2, 0.25) is 0 Å². The maximum absolute atomic E-state index is 10.7. The Morgan fingerprint density at radius 1 is 1.00 bits per heavy atom. The zero-order valence-corrected chi connectivity index (χ0v) is 11.0. The van der Waals surface area contributed by atoms with E-state index in [2.05, 4.69) is 13.8 Å². The zero-order valence-electron chi connectivity index (χ0n) is 11.0. The Bertz CT molecular complexity index is 250. The lowest BCUT2D eigenvalue weighted by Crippen LogP contribution is -2.15. The molecule has 3 atom stereocenters. The average Bonchev–Trinajstić information content (AvgIpc) is 2.16. The van der Waals surface area contributed by atoms with E-state index < -0.39 is 11.9 Å². The van der Waals surface area contributed by atoms with Gasteiger partial charge in [0, 0.05) is 6.42 Å². The molecule has 4 nitrogen and oxygen atoms in total. The Morgan fingerprint density at radius 2 is 1.59 bits per heavy atom. The van der Waals surface area contributed by atoms with Gasteiger partial charge in [-0.15, -0.1) is 0 Å². The van der Waals surface area contributed by atoms with Crippen LogP contribution in [0.4, 0.5) is 0 Å². The van der Waals surface area contributed by atoms with Gasteiger partial charge in [0.15, 0.2) is 0 Å². The Morgan fingerprint density at radius 3 is 2.06 bits per heavy atom. The van der Waals surface area contributed by atoms with E-state index in [0.29, 0.717) is 24.7 Å². The number of hydrogen-bond acceptors (Lipinski definition) is 2. The minimum absolute atomic E-state index is 0.226. The summed E-state index contributed by atoms with van der Waals surface area (Å²) >= 11 is 0. The highest BCUT2D eigenvalue weighted by Crippen LogP contribution is 2.23. The molecule has 0 fully saturated rings. The molecule has 0 aromatic heterocycles. The van der Waals surface area contributed by atoms with Crippen molar-refractivity contribution in [2.24, 2.45) is 17.8 Å². The molecule has 0 saturated heterocycles. The minimum atomic E-state index is -0.746. The van der Waals surface area contributed by atoms with E-state index in [9.17, 15) is 9.59 Å². The van der Waals surface area contributed by atoms with Crippen LogP contribution in [0.15, 0.2) is 0 Å². The van der Waals surface area contributed by atoms with Gasteiger partial charge in [0.1, 0.15) is 0 Å². The lowest BCUT2D eigenvalue weighted by Gasteiger charge is -2.18. The monoisotopic (exact) mass is 244 g/mol. The van der Waals surface area contributed by atoms with Gasteiger partial charge in [-0.2, -0.15) is 0 Å². The van der Waals surface area contributed by atoms with E-state index in [1.165, 1.54) is 0 Å². The normalized spacial score (nSPS) is 16.2. The maximum Gasteiger partial charge on any atom is 0.306 e. The largest absolute Gasteiger partial charge is 0.481 e. The standard InChI is InChI=1S/C13H24O4/c1-9(5-4-6-12(14)15)7-10(2)8-11(3)13(16)17/h9-11H,4-8H2,1-3H3,(H,14,15)(H,16,17). The summed E-state index contributed by atoms with van der Waals surface area (Å²) in [5.74, 6) is -0.942. The third-order valence-electron chi connectivity index (χ3n) is 3.07. The fourth-order valence-electron chi connectivity index (χ4n) is 2.21. The number of aliphatic carboxylic acids is 2. The summed E-state index contributed by atoms with van der Waals surface area (Å²) in [6.45, 7) is 5.89. The van der Waals surface area contributed by atoms with Gasteiger partial charge in [-0.3, -0.25) is 9.59 Å².